The van der Waals surface area contributed by atoms with Crippen LogP contribution in [0.25, 0.3) is 10.8 Å². The molecule has 0 saturated carbocycles. The molecule has 0 radical (unpaired) electrons. The lowest BCUT2D eigenvalue weighted by molar-refractivity contribution is -0.131. The number of carbonyl (C=O) groups is 2. The summed E-state index contributed by atoms with van der Waals surface area (Å²) in [7, 11) is 1.59. The molecule has 3 amide bonds. The molecule has 0 aliphatic carbocycles. The molecule has 3 aromatic rings. The molecule has 1 aliphatic heterocycles. The van der Waals surface area contributed by atoms with Crippen LogP contribution < -0.4 is 10.1 Å². The number of amides is 3. The summed E-state index contributed by atoms with van der Waals surface area (Å²) in [4.78, 5) is 27.1. The molecule has 5 nitrogen and oxygen atoms in total. The van der Waals surface area contributed by atoms with Crippen molar-refractivity contribution >= 4 is 22.7 Å². The van der Waals surface area contributed by atoms with Crippen molar-refractivity contribution in [1.82, 2.24) is 10.2 Å². The molecule has 0 aromatic heterocycles. The average Bonchev–Trinajstić information content (AvgIpc) is 2.91. The Balaban J connectivity index is 1.71. The largest absolute Gasteiger partial charge is 0.497 e. The van der Waals surface area contributed by atoms with E-state index in [2.05, 4.69) is 5.32 Å². The lowest BCUT2D eigenvalue weighted by Crippen LogP contribution is -2.41. The number of rotatable bonds is 4. The highest BCUT2D eigenvalue weighted by Gasteiger charge is 2.49. The minimum absolute atomic E-state index is 0.197. The maximum absolute atomic E-state index is 13.3. The summed E-state index contributed by atoms with van der Waals surface area (Å²) in [5.74, 6) is 0.433. The second-order valence-corrected chi connectivity index (χ2v) is 6.82. The molecule has 1 saturated heterocycles. The van der Waals surface area contributed by atoms with E-state index in [1.807, 2.05) is 66.7 Å². The van der Waals surface area contributed by atoms with Crippen LogP contribution in [0.3, 0.4) is 0 Å². The van der Waals surface area contributed by atoms with Gasteiger partial charge < -0.3 is 10.1 Å². The van der Waals surface area contributed by atoms with Gasteiger partial charge in [-0.05, 0) is 41.0 Å². The molecule has 1 fully saturated rings. The van der Waals surface area contributed by atoms with E-state index in [9.17, 15) is 9.59 Å². The molecular weight excluding hydrogens is 340 g/mol. The van der Waals surface area contributed by atoms with Crippen molar-refractivity contribution in [1.29, 1.82) is 0 Å². The van der Waals surface area contributed by atoms with Crippen molar-refractivity contribution in [2.45, 2.75) is 19.0 Å². The first-order chi connectivity index (χ1) is 13.0. The van der Waals surface area contributed by atoms with E-state index in [0.29, 0.717) is 5.75 Å². The molecule has 0 bridgehead atoms. The zero-order chi connectivity index (χ0) is 19.0. The number of hydrogen-bond donors (Lipinski definition) is 1. The zero-order valence-corrected chi connectivity index (χ0v) is 15.2. The molecule has 1 aliphatic rings. The molecule has 1 atom stereocenters. The van der Waals surface area contributed by atoms with Crippen LogP contribution >= 0.6 is 0 Å². The lowest BCUT2D eigenvalue weighted by Gasteiger charge is -2.24. The maximum atomic E-state index is 13.3. The van der Waals surface area contributed by atoms with Gasteiger partial charge in [0.05, 0.1) is 13.7 Å². The van der Waals surface area contributed by atoms with Gasteiger partial charge in [-0.2, -0.15) is 0 Å². The number of fused-ring (bicyclic) bond motifs is 1. The van der Waals surface area contributed by atoms with Crippen LogP contribution in [0.1, 0.15) is 18.1 Å². The van der Waals surface area contributed by atoms with Crippen molar-refractivity contribution in [3.05, 3.63) is 77.9 Å². The van der Waals surface area contributed by atoms with Gasteiger partial charge in [-0.25, -0.2) is 4.79 Å². The Morgan fingerprint density at radius 2 is 1.74 bits per heavy atom. The van der Waals surface area contributed by atoms with E-state index in [1.54, 1.807) is 14.0 Å². The van der Waals surface area contributed by atoms with Crippen LogP contribution in [0, 0.1) is 0 Å². The quantitative estimate of drug-likeness (QED) is 0.720. The molecule has 136 valence electrons. The highest BCUT2D eigenvalue weighted by molar-refractivity contribution is 6.09. The third-order valence-electron chi connectivity index (χ3n) is 5.08. The van der Waals surface area contributed by atoms with E-state index >= 15 is 0 Å². The first-order valence-electron chi connectivity index (χ1n) is 8.78. The number of nitrogens with one attached hydrogen (secondary N) is 1. The van der Waals surface area contributed by atoms with Crippen LogP contribution in [0.5, 0.6) is 5.75 Å². The molecule has 1 N–H and O–H groups in total. The second-order valence-electron chi connectivity index (χ2n) is 6.82. The first kappa shape index (κ1) is 17.1. The van der Waals surface area contributed by atoms with Gasteiger partial charge in [0.15, 0.2) is 0 Å². The number of hydrogen-bond acceptors (Lipinski definition) is 3. The van der Waals surface area contributed by atoms with Crippen LogP contribution in [-0.2, 0) is 16.9 Å². The number of carbonyl (C=O) groups excluding carboxylic acids is 2. The van der Waals surface area contributed by atoms with Gasteiger partial charge in [-0.3, -0.25) is 9.69 Å². The Labute approximate surface area is 157 Å². The van der Waals surface area contributed by atoms with Crippen molar-refractivity contribution in [3.63, 3.8) is 0 Å². The SMILES string of the molecule is COc1cccc(CN2C(=O)NC(C)(c3cccc4ccccc34)C2=O)c1. The summed E-state index contributed by atoms with van der Waals surface area (Å²) >= 11 is 0. The maximum Gasteiger partial charge on any atom is 0.325 e. The number of methoxy groups -OCH3 is 1. The Morgan fingerprint density at radius 3 is 2.56 bits per heavy atom. The van der Waals surface area contributed by atoms with E-state index in [0.717, 1.165) is 21.9 Å². The van der Waals surface area contributed by atoms with Crippen molar-refractivity contribution in [2.24, 2.45) is 0 Å². The Hall–Kier alpha value is -3.34. The van der Waals surface area contributed by atoms with Gasteiger partial charge in [-0.1, -0.05) is 54.6 Å². The summed E-state index contributed by atoms with van der Waals surface area (Å²) in [6, 6.07) is 20.6. The Kier molecular flexibility index (Phi) is 4.07. The standard InChI is InChI=1S/C22H20N2O3/c1-22(19-12-6-9-16-8-3-4-11-18(16)19)20(25)24(21(26)23-22)14-15-7-5-10-17(13-15)27-2/h3-13H,14H2,1-2H3,(H,23,26). The lowest BCUT2D eigenvalue weighted by atomic mass is 9.88. The molecule has 27 heavy (non-hydrogen) atoms. The van der Waals surface area contributed by atoms with Gasteiger partial charge in [-0.15, -0.1) is 0 Å². The minimum Gasteiger partial charge on any atom is -0.497 e. The predicted molar refractivity (Wildman–Crippen MR) is 103 cm³/mol. The van der Waals surface area contributed by atoms with E-state index < -0.39 is 11.6 Å². The van der Waals surface area contributed by atoms with Crippen LogP contribution in [0.2, 0.25) is 0 Å². The van der Waals surface area contributed by atoms with Crippen LogP contribution in [-0.4, -0.2) is 23.9 Å². The minimum atomic E-state index is -1.10. The molecular formula is C22H20N2O3. The smallest absolute Gasteiger partial charge is 0.325 e. The van der Waals surface area contributed by atoms with Crippen molar-refractivity contribution < 1.29 is 14.3 Å². The van der Waals surface area contributed by atoms with E-state index in [4.69, 9.17) is 4.74 Å². The summed E-state index contributed by atoms with van der Waals surface area (Å²) in [5.41, 5.74) is 0.531. The monoisotopic (exact) mass is 360 g/mol. The number of ether oxygens (including phenoxy) is 1. The number of urea groups is 1. The number of imide groups is 1. The molecule has 1 unspecified atom stereocenters. The van der Waals surface area contributed by atoms with Gasteiger partial charge in [0.1, 0.15) is 11.3 Å². The summed E-state index contributed by atoms with van der Waals surface area (Å²) in [6.45, 7) is 1.96. The highest BCUT2D eigenvalue weighted by atomic mass is 16.5. The molecule has 1 heterocycles. The number of nitrogens with zero attached hydrogens (tertiary/aromatic N) is 1. The van der Waals surface area contributed by atoms with E-state index in [-0.39, 0.29) is 12.5 Å². The van der Waals surface area contributed by atoms with Gasteiger partial charge in [0.25, 0.3) is 5.91 Å². The first-order valence-corrected chi connectivity index (χ1v) is 8.78. The number of benzene rings is 3. The van der Waals surface area contributed by atoms with Crippen molar-refractivity contribution in [2.75, 3.05) is 7.11 Å². The molecule has 4 rings (SSSR count). The summed E-state index contributed by atoms with van der Waals surface area (Å²) in [5, 5.41) is 4.88. The third kappa shape index (κ3) is 2.81. The Morgan fingerprint density at radius 1 is 1.00 bits per heavy atom. The normalized spacial score (nSPS) is 19.4. The fraction of sp³-hybridized carbons (Fsp3) is 0.182. The van der Waals surface area contributed by atoms with Gasteiger partial charge in [0.2, 0.25) is 0 Å². The fourth-order valence-electron chi connectivity index (χ4n) is 3.64. The zero-order valence-electron chi connectivity index (χ0n) is 15.2. The molecule has 5 heteroatoms. The Bertz CT molecular complexity index is 1040. The van der Waals surface area contributed by atoms with Gasteiger partial charge >= 0.3 is 6.03 Å². The second kappa shape index (κ2) is 6.43. The highest BCUT2D eigenvalue weighted by Crippen LogP contribution is 2.34. The predicted octanol–water partition coefficient (Wildman–Crippen LogP) is 3.82. The van der Waals surface area contributed by atoms with E-state index in [1.165, 1.54) is 4.90 Å². The van der Waals surface area contributed by atoms with Crippen LogP contribution in [0.15, 0.2) is 66.7 Å². The fourth-order valence-corrected chi connectivity index (χ4v) is 3.64. The average molecular weight is 360 g/mol. The molecule has 0 spiro atoms. The summed E-state index contributed by atoms with van der Waals surface area (Å²) in [6.07, 6.45) is 0. The summed E-state index contributed by atoms with van der Waals surface area (Å²) < 4.78 is 5.23. The van der Waals surface area contributed by atoms with Crippen LogP contribution in [0.4, 0.5) is 4.79 Å². The third-order valence-corrected chi connectivity index (χ3v) is 5.08. The van der Waals surface area contributed by atoms with Gasteiger partial charge in [0, 0.05) is 0 Å². The molecule has 3 aromatic carbocycles. The topological polar surface area (TPSA) is 58.6 Å². The van der Waals surface area contributed by atoms with Crippen molar-refractivity contribution in [3.8, 4) is 5.75 Å².